The van der Waals surface area contributed by atoms with Gasteiger partial charge in [0, 0.05) is 18.3 Å². The summed E-state index contributed by atoms with van der Waals surface area (Å²) in [6.45, 7) is 2.36. The van der Waals surface area contributed by atoms with Gasteiger partial charge in [-0.1, -0.05) is 60.7 Å². The van der Waals surface area contributed by atoms with Crippen molar-refractivity contribution in [2.24, 2.45) is 0 Å². The first-order valence-electron chi connectivity index (χ1n) is 10.6. The van der Waals surface area contributed by atoms with Gasteiger partial charge in [-0.3, -0.25) is 9.59 Å². The number of fused-ring (bicyclic) bond motifs is 1. The molecule has 0 aliphatic carbocycles. The molecule has 0 saturated carbocycles. The van der Waals surface area contributed by atoms with E-state index >= 15 is 0 Å². The maximum atomic E-state index is 13.0. The molecule has 31 heavy (non-hydrogen) atoms. The summed E-state index contributed by atoms with van der Waals surface area (Å²) < 4.78 is 5.84. The fourth-order valence-corrected chi connectivity index (χ4v) is 3.93. The Balaban J connectivity index is 1.43. The molecule has 0 aromatic heterocycles. The molecule has 158 valence electrons. The summed E-state index contributed by atoms with van der Waals surface area (Å²) in [5, 5.41) is 2.91. The zero-order chi connectivity index (χ0) is 21.6. The molecule has 1 unspecified atom stereocenters. The SMILES string of the molecule is CC1CCc2ccccc2N1C(=O)COc1ccccc1C(=O)NCc1ccccc1. The van der Waals surface area contributed by atoms with E-state index in [4.69, 9.17) is 4.74 Å². The lowest BCUT2D eigenvalue weighted by Gasteiger charge is -2.35. The second kappa shape index (κ2) is 9.47. The molecule has 0 spiro atoms. The molecule has 5 nitrogen and oxygen atoms in total. The number of nitrogens with one attached hydrogen (secondary N) is 1. The van der Waals surface area contributed by atoms with Crippen LogP contribution in [0.2, 0.25) is 0 Å². The lowest BCUT2D eigenvalue weighted by Crippen LogP contribution is -2.44. The van der Waals surface area contributed by atoms with Crippen molar-refractivity contribution in [3.05, 3.63) is 95.6 Å². The smallest absolute Gasteiger partial charge is 0.265 e. The van der Waals surface area contributed by atoms with Gasteiger partial charge in [0.15, 0.2) is 6.61 Å². The Kier molecular flexibility index (Phi) is 6.32. The van der Waals surface area contributed by atoms with Gasteiger partial charge in [-0.25, -0.2) is 0 Å². The number of carbonyl (C=O) groups is 2. The van der Waals surface area contributed by atoms with Gasteiger partial charge in [-0.2, -0.15) is 0 Å². The Hall–Kier alpha value is -3.60. The monoisotopic (exact) mass is 414 g/mol. The van der Waals surface area contributed by atoms with Crippen molar-refractivity contribution in [3.63, 3.8) is 0 Å². The summed E-state index contributed by atoms with van der Waals surface area (Å²) in [5.74, 6) is 0.0575. The first kappa shape index (κ1) is 20.7. The molecule has 0 radical (unpaired) electrons. The molecule has 3 aromatic rings. The quantitative estimate of drug-likeness (QED) is 0.652. The van der Waals surface area contributed by atoms with Crippen molar-refractivity contribution in [2.45, 2.75) is 32.4 Å². The minimum atomic E-state index is -0.233. The molecule has 1 aliphatic heterocycles. The lowest BCUT2D eigenvalue weighted by molar-refractivity contribution is -0.121. The number of ether oxygens (including phenoxy) is 1. The van der Waals surface area contributed by atoms with E-state index in [1.54, 1.807) is 24.3 Å². The molecule has 0 fully saturated rings. The van der Waals surface area contributed by atoms with Crippen LogP contribution in [-0.4, -0.2) is 24.5 Å². The Morgan fingerprint density at radius 1 is 0.968 bits per heavy atom. The fourth-order valence-electron chi connectivity index (χ4n) is 3.93. The molecular formula is C26H26N2O3. The van der Waals surface area contributed by atoms with E-state index in [1.165, 1.54) is 5.56 Å². The number of hydrogen-bond acceptors (Lipinski definition) is 3. The number of rotatable bonds is 6. The molecule has 2 amide bonds. The second-order valence-electron chi connectivity index (χ2n) is 7.73. The molecule has 5 heteroatoms. The predicted molar refractivity (Wildman–Crippen MR) is 121 cm³/mol. The van der Waals surface area contributed by atoms with E-state index in [2.05, 4.69) is 18.3 Å². The van der Waals surface area contributed by atoms with Gasteiger partial charge in [-0.05, 0) is 49.1 Å². The molecule has 0 bridgehead atoms. The van der Waals surface area contributed by atoms with Crippen molar-refractivity contribution in [2.75, 3.05) is 11.5 Å². The molecule has 1 heterocycles. The average molecular weight is 415 g/mol. The van der Waals surface area contributed by atoms with Crippen LogP contribution in [0.4, 0.5) is 5.69 Å². The minimum absolute atomic E-state index is 0.107. The van der Waals surface area contributed by atoms with Crippen LogP contribution >= 0.6 is 0 Å². The number of aryl methyl sites for hydroxylation is 1. The Labute approximate surface area is 182 Å². The van der Waals surface area contributed by atoms with Crippen LogP contribution < -0.4 is 15.0 Å². The highest BCUT2D eigenvalue weighted by Crippen LogP contribution is 2.30. The summed E-state index contributed by atoms with van der Waals surface area (Å²) in [6.07, 6.45) is 1.88. The third-order valence-electron chi connectivity index (χ3n) is 5.57. The van der Waals surface area contributed by atoms with Crippen LogP contribution in [0.25, 0.3) is 0 Å². The molecule has 3 aromatic carbocycles. The van der Waals surface area contributed by atoms with Crippen molar-refractivity contribution in [1.29, 1.82) is 0 Å². The maximum Gasteiger partial charge on any atom is 0.265 e. The number of nitrogens with zero attached hydrogens (tertiary/aromatic N) is 1. The van der Waals surface area contributed by atoms with Crippen LogP contribution in [0.3, 0.4) is 0 Å². The molecule has 1 atom stereocenters. The van der Waals surface area contributed by atoms with E-state index < -0.39 is 0 Å². The summed E-state index contributed by atoms with van der Waals surface area (Å²) in [7, 11) is 0. The third-order valence-corrected chi connectivity index (χ3v) is 5.57. The van der Waals surface area contributed by atoms with E-state index in [0.29, 0.717) is 17.9 Å². The third kappa shape index (κ3) is 4.77. The number of carbonyl (C=O) groups excluding carboxylic acids is 2. The Bertz CT molecular complexity index is 1070. The van der Waals surface area contributed by atoms with E-state index in [9.17, 15) is 9.59 Å². The minimum Gasteiger partial charge on any atom is -0.483 e. The number of para-hydroxylation sites is 2. The van der Waals surface area contributed by atoms with Crippen molar-refractivity contribution in [1.82, 2.24) is 5.32 Å². The lowest BCUT2D eigenvalue weighted by atomic mass is 9.96. The maximum absolute atomic E-state index is 13.0. The van der Waals surface area contributed by atoms with Crippen molar-refractivity contribution >= 4 is 17.5 Å². The zero-order valence-electron chi connectivity index (χ0n) is 17.6. The number of anilines is 1. The van der Waals surface area contributed by atoms with Gasteiger partial charge in [0.25, 0.3) is 11.8 Å². The molecule has 4 rings (SSSR count). The number of amides is 2. The summed E-state index contributed by atoms with van der Waals surface area (Å²) in [6, 6.07) is 24.8. The van der Waals surface area contributed by atoms with E-state index in [0.717, 1.165) is 24.1 Å². The highest BCUT2D eigenvalue weighted by molar-refractivity contribution is 5.98. The summed E-state index contributed by atoms with van der Waals surface area (Å²) >= 11 is 0. The van der Waals surface area contributed by atoms with Crippen molar-refractivity contribution in [3.8, 4) is 5.75 Å². The van der Waals surface area contributed by atoms with Gasteiger partial charge in [0.1, 0.15) is 5.75 Å². The summed E-state index contributed by atoms with van der Waals surface area (Å²) in [5.41, 5.74) is 3.55. The Morgan fingerprint density at radius 2 is 1.68 bits per heavy atom. The normalized spacial score (nSPS) is 15.1. The predicted octanol–water partition coefficient (Wildman–Crippen LogP) is 4.36. The standard InChI is InChI=1S/C26H26N2O3/c1-19-15-16-21-11-5-7-13-23(21)28(19)25(29)18-31-24-14-8-6-12-22(24)26(30)27-17-20-9-3-2-4-10-20/h2-14,19H,15-18H2,1H3,(H,27,30). The summed E-state index contributed by atoms with van der Waals surface area (Å²) in [4.78, 5) is 27.6. The first-order valence-corrected chi connectivity index (χ1v) is 10.6. The van der Waals surface area contributed by atoms with E-state index in [1.807, 2.05) is 53.4 Å². The topological polar surface area (TPSA) is 58.6 Å². The van der Waals surface area contributed by atoms with Crippen LogP contribution in [0.1, 0.15) is 34.8 Å². The van der Waals surface area contributed by atoms with Gasteiger partial charge in [0.05, 0.1) is 5.56 Å². The molecule has 1 aliphatic rings. The van der Waals surface area contributed by atoms with Crippen LogP contribution in [-0.2, 0) is 17.8 Å². The number of benzene rings is 3. The largest absolute Gasteiger partial charge is 0.483 e. The second-order valence-corrected chi connectivity index (χ2v) is 7.73. The van der Waals surface area contributed by atoms with Gasteiger partial charge in [-0.15, -0.1) is 0 Å². The van der Waals surface area contributed by atoms with E-state index in [-0.39, 0.29) is 24.5 Å². The molecule has 1 N–H and O–H groups in total. The fraction of sp³-hybridized carbons (Fsp3) is 0.231. The van der Waals surface area contributed by atoms with Gasteiger partial charge < -0.3 is 15.0 Å². The van der Waals surface area contributed by atoms with Gasteiger partial charge >= 0.3 is 0 Å². The average Bonchev–Trinajstić information content (AvgIpc) is 2.82. The first-order chi connectivity index (χ1) is 15.1. The number of hydrogen-bond donors (Lipinski definition) is 1. The van der Waals surface area contributed by atoms with Crippen LogP contribution in [0, 0.1) is 0 Å². The van der Waals surface area contributed by atoms with Crippen LogP contribution in [0.5, 0.6) is 5.75 Å². The highest BCUT2D eigenvalue weighted by Gasteiger charge is 2.28. The van der Waals surface area contributed by atoms with Crippen molar-refractivity contribution < 1.29 is 14.3 Å². The van der Waals surface area contributed by atoms with Gasteiger partial charge in [0.2, 0.25) is 0 Å². The van der Waals surface area contributed by atoms with Crippen LogP contribution in [0.15, 0.2) is 78.9 Å². The Morgan fingerprint density at radius 3 is 2.52 bits per heavy atom. The zero-order valence-corrected chi connectivity index (χ0v) is 17.6. The molecule has 0 saturated heterocycles. The molecular weight excluding hydrogens is 388 g/mol. The highest BCUT2D eigenvalue weighted by atomic mass is 16.5.